The molecule has 0 radical (unpaired) electrons. The number of nitrogens with zero attached hydrogens (tertiary/aromatic N) is 4. The lowest BCUT2D eigenvalue weighted by atomic mass is 10.0. The third-order valence-corrected chi connectivity index (χ3v) is 3.14. The minimum atomic E-state index is -0.139. The molecule has 0 aliphatic heterocycles. The summed E-state index contributed by atoms with van der Waals surface area (Å²) in [5.41, 5.74) is 9.49. The standard InChI is InChI=1S/C14H21N5/c1-4-5-19-13(17-9-18-19)7-12(15)14-11(3)6-10(2)8-16-14/h6,8-9,12H,4-5,7,15H2,1-3H3. The topological polar surface area (TPSA) is 69.6 Å². The van der Waals surface area contributed by atoms with Gasteiger partial charge in [0.05, 0.1) is 11.7 Å². The average molecular weight is 259 g/mol. The lowest BCUT2D eigenvalue weighted by Crippen LogP contribution is -2.19. The van der Waals surface area contributed by atoms with Gasteiger partial charge in [-0.3, -0.25) is 9.67 Å². The van der Waals surface area contributed by atoms with Crippen LogP contribution in [0.4, 0.5) is 0 Å². The Bertz CT molecular complexity index is 547. The Morgan fingerprint density at radius 3 is 2.79 bits per heavy atom. The van der Waals surface area contributed by atoms with Gasteiger partial charge in [0.25, 0.3) is 0 Å². The van der Waals surface area contributed by atoms with E-state index in [0.717, 1.165) is 35.6 Å². The minimum Gasteiger partial charge on any atom is -0.322 e. The number of nitrogens with two attached hydrogens (primary N) is 1. The molecule has 1 atom stereocenters. The molecule has 0 aromatic carbocycles. The monoisotopic (exact) mass is 259 g/mol. The molecular formula is C14H21N5. The molecule has 0 saturated carbocycles. The summed E-state index contributed by atoms with van der Waals surface area (Å²) in [7, 11) is 0. The smallest absolute Gasteiger partial charge is 0.138 e. The second-order valence-electron chi connectivity index (χ2n) is 4.92. The Labute approximate surface area is 113 Å². The first kappa shape index (κ1) is 13.7. The Morgan fingerprint density at radius 1 is 1.32 bits per heavy atom. The van der Waals surface area contributed by atoms with Gasteiger partial charge in [0, 0.05) is 19.2 Å². The van der Waals surface area contributed by atoms with Gasteiger partial charge in [-0.05, 0) is 31.4 Å². The van der Waals surface area contributed by atoms with Gasteiger partial charge < -0.3 is 5.73 Å². The SMILES string of the molecule is CCCn1ncnc1CC(N)c1ncc(C)cc1C. The van der Waals surface area contributed by atoms with E-state index in [9.17, 15) is 0 Å². The largest absolute Gasteiger partial charge is 0.322 e. The van der Waals surface area contributed by atoms with Crippen molar-refractivity contribution in [3.63, 3.8) is 0 Å². The fraction of sp³-hybridized carbons (Fsp3) is 0.500. The predicted octanol–water partition coefficient (Wildman–Crippen LogP) is 1.94. The van der Waals surface area contributed by atoms with E-state index in [1.807, 2.05) is 24.7 Å². The van der Waals surface area contributed by atoms with Gasteiger partial charge in [-0.15, -0.1) is 0 Å². The Hall–Kier alpha value is -1.75. The molecule has 1 unspecified atom stereocenters. The van der Waals surface area contributed by atoms with Crippen LogP contribution in [0.5, 0.6) is 0 Å². The third kappa shape index (κ3) is 3.17. The van der Waals surface area contributed by atoms with Crippen LogP contribution < -0.4 is 5.73 Å². The van der Waals surface area contributed by atoms with Crippen molar-refractivity contribution in [2.24, 2.45) is 5.73 Å². The van der Waals surface area contributed by atoms with E-state index in [1.165, 1.54) is 0 Å². The number of aryl methyl sites for hydroxylation is 3. The molecule has 2 rings (SSSR count). The van der Waals surface area contributed by atoms with Crippen molar-refractivity contribution >= 4 is 0 Å². The van der Waals surface area contributed by atoms with Crippen LogP contribution >= 0.6 is 0 Å². The van der Waals surface area contributed by atoms with E-state index >= 15 is 0 Å². The van der Waals surface area contributed by atoms with Crippen LogP contribution in [0, 0.1) is 13.8 Å². The van der Waals surface area contributed by atoms with Gasteiger partial charge in [0.1, 0.15) is 12.2 Å². The molecule has 5 heteroatoms. The van der Waals surface area contributed by atoms with E-state index in [1.54, 1.807) is 6.33 Å². The molecule has 2 aromatic rings. The Morgan fingerprint density at radius 2 is 2.11 bits per heavy atom. The van der Waals surface area contributed by atoms with Crippen LogP contribution in [-0.4, -0.2) is 19.7 Å². The van der Waals surface area contributed by atoms with Gasteiger partial charge >= 0.3 is 0 Å². The number of hydrogen-bond donors (Lipinski definition) is 1. The maximum atomic E-state index is 6.26. The maximum Gasteiger partial charge on any atom is 0.138 e. The molecule has 0 bridgehead atoms. The Balaban J connectivity index is 2.16. The number of rotatable bonds is 5. The summed E-state index contributed by atoms with van der Waals surface area (Å²) in [6, 6.07) is 1.97. The Kier molecular flexibility index (Phi) is 4.27. The molecule has 19 heavy (non-hydrogen) atoms. The van der Waals surface area contributed by atoms with E-state index in [0.29, 0.717) is 6.42 Å². The van der Waals surface area contributed by atoms with Crippen molar-refractivity contribution < 1.29 is 0 Å². The van der Waals surface area contributed by atoms with Gasteiger partial charge in [-0.1, -0.05) is 13.0 Å². The van der Waals surface area contributed by atoms with Crippen LogP contribution in [-0.2, 0) is 13.0 Å². The molecule has 0 aliphatic rings. The summed E-state index contributed by atoms with van der Waals surface area (Å²) in [6.45, 7) is 7.08. The molecule has 0 spiro atoms. The summed E-state index contributed by atoms with van der Waals surface area (Å²) in [6.07, 6.45) is 5.15. The lowest BCUT2D eigenvalue weighted by Gasteiger charge is -2.14. The van der Waals surface area contributed by atoms with Crippen molar-refractivity contribution in [3.8, 4) is 0 Å². The zero-order valence-electron chi connectivity index (χ0n) is 11.8. The first-order chi connectivity index (χ1) is 9.11. The molecule has 0 fully saturated rings. The maximum absolute atomic E-state index is 6.26. The quantitative estimate of drug-likeness (QED) is 0.891. The van der Waals surface area contributed by atoms with Crippen molar-refractivity contribution in [1.82, 2.24) is 19.7 Å². The second kappa shape index (κ2) is 5.93. The van der Waals surface area contributed by atoms with Crippen LogP contribution in [0.1, 0.15) is 42.0 Å². The highest BCUT2D eigenvalue weighted by Gasteiger charge is 2.15. The molecule has 2 N–H and O–H groups in total. The van der Waals surface area contributed by atoms with E-state index in [-0.39, 0.29) is 6.04 Å². The van der Waals surface area contributed by atoms with E-state index in [2.05, 4.69) is 28.1 Å². The third-order valence-electron chi connectivity index (χ3n) is 3.14. The summed E-state index contributed by atoms with van der Waals surface area (Å²) >= 11 is 0. The van der Waals surface area contributed by atoms with Crippen LogP contribution in [0.3, 0.4) is 0 Å². The highest BCUT2D eigenvalue weighted by molar-refractivity contribution is 5.25. The number of pyridine rings is 1. The van der Waals surface area contributed by atoms with Crippen molar-refractivity contribution in [1.29, 1.82) is 0 Å². The summed E-state index contributed by atoms with van der Waals surface area (Å²) in [5, 5.41) is 4.22. The summed E-state index contributed by atoms with van der Waals surface area (Å²) in [5.74, 6) is 0.927. The second-order valence-corrected chi connectivity index (χ2v) is 4.92. The molecular weight excluding hydrogens is 238 g/mol. The lowest BCUT2D eigenvalue weighted by molar-refractivity contribution is 0.544. The van der Waals surface area contributed by atoms with Crippen LogP contribution in [0.25, 0.3) is 0 Å². The molecule has 102 valence electrons. The molecule has 2 aromatic heterocycles. The predicted molar refractivity (Wildman–Crippen MR) is 74.7 cm³/mol. The average Bonchev–Trinajstić information content (AvgIpc) is 2.77. The summed E-state index contributed by atoms with van der Waals surface area (Å²) in [4.78, 5) is 8.74. The van der Waals surface area contributed by atoms with Gasteiger partial charge in [0.15, 0.2) is 0 Å². The van der Waals surface area contributed by atoms with Gasteiger partial charge in [0.2, 0.25) is 0 Å². The molecule has 0 amide bonds. The van der Waals surface area contributed by atoms with Crippen LogP contribution in [0.2, 0.25) is 0 Å². The van der Waals surface area contributed by atoms with Crippen molar-refractivity contribution in [2.45, 2.75) is 46.2 Å². The van der Waals surface area contributed by atoms with Gasteiger partial charge in [-0.25, -0.2) is 4.98 Å². The van der Waals surface area contributed by atoms with Crippen LogP contribution in [0.15, 0.2) is 18.6 Å². The minimum absolute atomic E-state index is 0.139. The molecule has 0 saturated heterocycles. The van der Waals surface area contributed by atoms with Gasteiger partial charge in [-0.2, -0.15) is 5.10 Å². The van der Waals surface area contributed by atoms with E-state index in [4.69, 9.17) is 5.73 Å². The number of hydrogen-bond acceptors (Lipinski definition) is 4. The first-order valence-electron chi connectivity index (χ1n) is 6.67. The summed E-state index contributed by atoms with van der Waals surface area (Å²) < 4.78 is 1.92. The fourth-order valence-corrected chi connectivity index (χ4v) is 2.25. The first-order valence-corrected chi connectivity index (χ1v) is 6.67. The zero-order chi connectivity index (χ0) is 13.8. The van der Waals surface area contributed by atoms with E-state index < -0.39 is 0 Å². The molecule has 2 heterocycles. The molecule has 0 aliphatic carbocycles. The van der Waals surface area contributed by atoms with Crippen molar-refractivity contribution in [2.75, 3.05) is 0 Å². The fourth-order valence-electron chi connectivity index (χ4n) is 2.25. The van der Waals surface area contributed by atoms with Crippen molar-refractivity contribution in [3.05, 3.63) is 41.2 Å². The zero-order valence-corrected chi connectivity index (χ0v) is 11.8. The highest BCUT2D eigenvalue weighted by Crippen LogP contribution is 2.17. The normalized spacial score (nSPS) is 12.6. The number of aromatic nitrogens is 4. The molecule has 5 nitrogen and oxygen atoms in total. The highest BCUT2D eigenvalue weighted by atomic mass is 15.3.